The molecule has 1 N–H and O–H groups in total. The fraction of sp³-hybridized carbons (Fsp3) is 0.438. The fourth-order valence-corrected chi connectivity index (χ4v) is 2.10. The van der Waals surface area contributed by atoms with E-state index in [9.17, 15) is 0 Å². The average molecular weight is 273 g/mol. The smallest absolute Gasteiger partial charge is 0.165 e. The van der Waals surface area contributed by atoms with Gasteiger partial charge in [0.15, 0.2) is 5.75 Å². The summed E-state index contributed by atoms with van der Waals surface area (Å²) in [7, 11) is 0. The van der Waals surface area contributed by atoms with Gasteiger partial charge in [0, 0.05) is 18.2 Å². The first-order valence-electron chi connectivity index (χ1n) is 7.27. The minimum Gasteiger partial charge on any atom is -0.454 e. The van der Waals surface area contributed by atoms with Crippen LogP contribution >= 0.6 is 0 Å². The third-order valence-electron chi connectivity index (χ3n) is 3.25. The quantitative estimate of drug-likeness (QED) is 0.835. The van der Waals surface area contributed by atoms with Gasteiger partial charge in [0.1, 0.15) is 5.75 Å². The van der Waals surface area contributed by atoms with Crippen LogP contribution in [0.15, 0.2) is 36.7 Å². The summed E-state index contributed by atoms with van der Waals surface area (Å²) in [5.41, 5.74) is 1.17. The molecule has 0 aliphatic rings. The van der Waals surface area contributed by atoms with E-state index in [1.165, 1.54) is 5.56 Å². The lowest BCUT2D eigenvalue weighted by atomic mass is 10.1. The molecule has 0 bridgehead atoms. The maximum atomic E-state index is 5.97. The topological polar surface area (TPSA) is 39.1 Å². The molecule has 0 saturated carbocycles. The Kier molecular flexibility index (Phi) is 5.18. The summed E-state index contributed by atoms with van der Waals surface area (Å²) in [6.45, 7) is 8.23. The second kappa shape index (κ2) is 7.10. The SMILES string of the molecule is CCCNC(C)c1ccccc1Oc1cnn(CC)c1. The highest BCUT2D eigenvalue weighted by molar-refractivity contribution is 5.38. The molecule has 0 radical (unpaired) electrons. The molecule has 1 atom stereocenters. The Bertz CT molecular complexity index is 536. The number of aryl methyl sites for hydroxylation is 1. The monoisotopic (exact) mass is 273 g/mol. The minimum absolute atomic E-state index is 0.271. The molecule has 20 heavy (non-hydrogen) atoms. The van der Waals surface area contributed by atoms with E-state index in [0.29, 0.717) is 0 Å². The van der Waals surface area contributed by atoms with Crippen molar-refractivity contribution in [3.8, 4) is 11.5 Å². The van der Waals surface area contributed by atoms with Crippen molar-refractivity contribution in [1.82, 2.24) is 15.1 Å². The number of aromatic nitrogens is 2. The molecule has 0 amide bonds. The van der Waals surface area contributed by atoms with E-state index in [2.05, 4.69) is 37.3 Å². The molecule has 2 rings (SSSR count). The zero-order valence-electron chi connectivity index (χ0n) is 12.5. The first-order valence-corrected chi connectivity index (χ1v) is 7.27. The van der Waals surface area contributed by atoms with E-state index >= 15 is 0 Å². The Labute approximate surface area is 120 Å². The fourth-order valence-electron chi connectivity index (χ4n) is 2.10. The Morgan fingerprint density at radius 3 is 2.80 bits per heavy atom. The van der Waals surface area contributed by atoms with Crippen molar-refractivity contribution in [3.63, 3.8) is 0 Å². The molecule has 0 saturated heterocycles. The van der Waals surface area contributed by atoms with Crippen molar-refractivity contribution in [2.75, 3.05) is 6.54 Å². The first kappa shape index (κ1) is 14.6. The van der Waals surface area contributed by atoms with Gasteiger partial charge >= 0.3 is 0 Å². The molecule has 0 spiro atoms. The van der Waals surface area contributed by atoms with Crippen molar-refractivity contribution < 1.29 is 4.74 Å². The van der Waals surface area contributed by atoms with Gasteiger partial charge in [-0.3, -0.25) is 4.68 Å². The summed E-state index contributed by atoms with van der Waals surface area (Å²) in [6, 6.07) is 8.42. The van der Waals surface area contributed by atoms with Crippen molar-refractivity contribution >= 4 is 0 Å². The van der Waals surface area contributed by atoms with Gasteiger partial charge in [0.25, 0.3) is 0 Å². The zero-order chi connectivity index (χ0) is 14.4. The van der Waals surface area contributed by atoms with E-state index in [1.807, 2.05) is 29.1 Å². The van der Waals surface area contributed by atoms with Gasteiger partial charge in [-0.25, -0.2) is 0 Å². The van der Waals surface area contributed by atoms with E-state index in [-0.39, 0.29) is 6.04 Å². The van der Waals surface area contributed by atoms with Crippen LogP contribution in [-0.4, -0.2) is 16.3 Å². The van der Waals surface area contributed by atoms with Gasteiger partial charge in [-0.2, -0.15) is 5.10 Å². The molecule has 0 aliphatic carbocycles. The molecule has 2 aromatic rings. The Morgan fingerprint density at radius 2 is 2.10 bits per heavy atom. The number of hydrogen-bond donors (Lipinski definition) is 1. The van der Waals surface area contributed by atoms with Gasteiger partial charge in [-0.15, -0.1) is 0 Å². The lowest BCUT2D eigenvalue weighted by Gasteiger charge is -2.17. The molecule has 0 fully saturated rings. The molecule has 1 aromatic heterocycles. The normalized spacial score (nSPS) is 12.3. The average Bonchev–Trinajstić information content (AvgIpc) is 2.93. The van der Waals surface area contributed by atoms with Gasteiger partial charge in [0.2, 0.25) is 0 Å². The number of para-hydroxylation sites is 1. The zero-order valence-corrected chi connectivity index (χ0v) is 12.5. The number of ether oxygens (including phenoxy) is 1. The largest absolute Gasteiger partial charge is 0.454 e. The standard InChI is InChI=1S/C16H23N3O/c1-4-10-17-13(3)15-8-6-7-9-16(15)20-14-11-18-19(5-2)12-14/h6-9,11-13,17H,4-5,10H2,1-3H3. The molecule has 1 aromatic carbocycles. The molecule has 4 heteroatoms. The van der Waals surface area contributed by atoms with Gasteiger partial charge in [-0.05, 0) is 32.9 Å². The molecule has 1 unspecified atom stereocenters. The number of rotatable bonds is 7. The second-order valence-corrected chi connectivity index (χ2v) is 4.85. The Morgan fingerprint density at radius 1 is 1.30 bits per heavy atom. The molecule has 1 heterocycles. The third-order valence-corrected chi connectivity index (χ3v) is 3.25. The Balaban J connectivity index is 2.14. The van der Waals surface area contributed by atoms with Crippen LogP contribution in [0.5, 0.6) is 11.5 Å². The predicted octanol–water partition coefficient (Wildman–Crippen LogP) is 3.76. The van der Waals surface area contributed by atoms with Gasteiger partial charge < -0.3 is 10.1 Å². The van der Waals surface area contributed by atoms with E-state index in [1.54, 1.807) is 6.20 Å². The summed E-state index contributed by atoms with van der Waals surface area (Å²) in [4.78, 5) is 0. The van der Waals surface area contributed by atoms with Crippen LogP contribution in [0.1, 0.15) is 38.8 Å². The van der Waals surface area contributed by atoms with Crippen LogP contribution in [0, 0.1) is 0 Å². The highest BCUT2D eigenvalue weighted by Gasteiger charge is 2.11. The highest BCUT2D eigenvalue weighted by Crippen LogP contribution is 2.29. The third kappa shape index (κ3) is 3.61. The van der Waals surface area contributed by atoms with E-state index in [0.717, 1.165) is 31.0 Å². The molecular weight excluding hydrogens is 250 g/mol. The van der Waals surface area contributed by atoms with Crippen LogP contribution < -0.4 is 10.1 Å². The molecule has 0 aliphatic heterocycles. The highest BCUT2D eigenvalue weighted by atomic mass is 16.5. The summed E-state index contributed by atoms with van der Waals surface area (Å²) in [6.07, 6.45) is 4.79. The van der Waals surface area contributed by atoms with Gasteiger partial charge in [-0.1, -0.05) is 25.1 Å². The van der Waals surface area contributed by atoms with Crippen molar-refractivity contribution in [3.05, 3.63) is 42.2 Å². The number of benzene rings is 1. The van der Waals surface area contributed by atoms with E-state index < -0.39 is 0 Å². The van der Waals surface area contributed by atoms with Gasteiger partial charge in [0.05, 0.1) is 12.4 Å². The van der Waals surface area contributed by atoms with Crippen LogP contribution in [-0.2, 0) is 6.54 Å². The van der Waals surface area contributed by atoms with Crippen LogP contribution in [0.3, 0.4) is 0 Å². The van der Waals surface area contributed by atoms with Crippen molar-refractivity contribution in [2.24, 2.45) is 0 Å². The molecular formula is C16H23N3O. The molecule has 108 valence electrons. The summed E-state index contributed by atoms with van der Waals surface area (Å²) >= 11 is 0. The lowest BCUT2D eigenvalue weighted by molar-refractivity contribution is 0.460. The van der Waals surface area contributed by atoms with Crippen LogP contribution in [0.25, 0.3) is 0 Å². The maximum Gasteiger partial charge on any atom is 0.165 e. The first-order chi connectivity index (χ1) is 9.74. The number of hydrogen-bond acceptors (Lipinski definition) is 3. The Hall–Kier alpha value is -1.81. The summed E-state index contributed by atoms with van der Waals surface area (Å²) < 4.78 is 7.83. The second-order valence-electron chi connectivity index (χ2n) is 4.85. The van der Waals surface area contributed by atoms with E-state index in [4.69, 9.17) is 4.74 Å². The molecule has 4 nitrogen and oxygen atoms in total. The van der Waals surface area contributed by atoms with Crippen molar-refractivity contribution in [2.45, 2.75) is 39.8 Å². The maximum absolute atomic E-state index is 5.97. The minimum atomic E-state index is 0.271. The summed E-state index contributed by atoms with van der Waals surface area (Å²) in [5.74, 6) is 1.67. The summed E-state index contributed by atoms with van der Waals surface area (Å²) in [5, 5.41) is 7.72. The number of nitrogens with zero attached hydrogens (tertiary/aromatic N) is 2. The lowest BCUT2D eigenvalue weighted by Crippen LogP contribution is -2.19. The number of nitrogens with one attached hydrogen (secondary N) is 1. The van der Waals surface area contributed by atoms with Crippen LogP contribution in [0.4, 0.5) is 0 Å². The van der Waals surface area contributed by atoms with Crippen molar-refractivity contribution in [1.29, 1.82) is 0 Å². The van der Waals surface area contributed by atoms with Crippen LogP contribution in [0.2, 0.25) is 0 Å². The predicted molar refractivity (Wildman–Crippen MR) is 81.1 cm³/mol.